The molecule has 1 heterocycles. The van der Waals surface area contributed by atoms with Gasteiger partial charge in [0.1, 0.15) is 17.4 Å². The first-order chi connectivity index (χ1) is 9.56. The molecule has 102 valence electrons. The van der Waals surface area contributed by atoms with Crippen LogP contribution in [0.15, 0.2) is 46.9 Å². The van der Waals surface area contributed by atoms with Crippen LogP contribution in [0.5, 0.6) is 0 Å². The molecule has 0 amide bonds. The molecule has 0 aliphatic rings. The second-order valence-corrected chi connectivity index (χ2v) is 5.53. The van der Waals surface area contributed by atoms with Gasteiger partial charge in [-0.1, -0.05) is 35.3 Å². The van der Waals surface area contributed by atoms with Crippen molar-refractivity contribution in [3.05, 3.63) is 69.4 Å². The van der Waals surface area contributed by atoms with E-state index in [1.54, 1.807) is 30.3 Å². The fourth-order valence-electron chi connectivity index (χ4n) is 2.24. The maximum atomic E-state index is 10.5. The number of halogens is 2. The summed E-state index contributed by atoms with van der Waals surface area (Å²) in [5, 5.41) is 12.6. The standard InChI is InChI=1S/C16H12Cl2O2/c1-9-12(3-2-4-13(9)18)16(19)15-8-10-7-11(17)5-6-14(10)20-15/h2-8,16,19H,1H3. The Morgan fingerprint density at radius 3 is 2.70 bits per heavy atom. The topological polar surface area (TPSA) is 33.4 Å². The van der Waals surface area contributed by atoms with Crippen molar-refractivity contribution in [3.8, 4) is 0 Å². The van der Waals surface area contributed by atoms with Crippen LogP contribution in [0.1, 0.15) is 23.0 Å². The first-order valence-corrected chi connectivity index (χ1v) is 6.94. The summed E-state index contributed by atoms with van der Waals surface area (Å²) in [4.78, 5) is 0. The second-order valence-electron chi connectivity index (χ2n) is 4.69. The van der Waals surface area contributed by atoms with Crippen molar-refractivity contribution in [1.82, 2.24) is 0 Å². The molecule has 0 radical (unpaired) electrons. The summed E-state index contributed by atoms with van der Waals surface area (Å²) in [7, 11) is 0. The van der Waals surface area contributed by atoms with Crippen molar-refractivity contribution in [2.24, 2.45) is 0 Å². The fourth-order valence-corrected chi connectivity index (χ4v) is 2.61. The van der Waals surface area contributed by atoms with Gasteiger partial charge in [-0.15, -0.1) is 0 Å². The van der Waals surface area contributed by atoms with Gasteiger partial charge in [-0.25, -0.2) is 0 Å². The predicted molar refractivity (Wildman–Crippen MR) is 81.5 cm³/mol. The van der Waals surface area contributed by atoms with Crippen molar-refractivity contribution in [3.63, 3.8) is 0 Å². The Balaban J connectivity index is 2.08. The highest BCUT2D eigenvalue weighted by atomic mass is 35.5. The van der Waals surface area contributed by atoms with Crippen LogP contribution in [-0.4, -0.2) is 5.11 Å². The summed E-state index contributed by atoms with van der Waals surface area (Å²) < 4.78 is 5.68. The summed E-state index contributed by atoms with van der Waals surface area (Å²) in [6, 6.07) is 12.6. The van der Waals surface area contributed by atoms with Crippen LogP contribution in [0.2, 0.25) is 10.0 Å². The minimum absolute atomic E-state index is 0.479. The molecule has 1 N–H and O–H groups in total. The van der Waals surface area contributed by atoms with Gasteiger partial charge in [0.05, 0.1) is 0 Å². The van der Waals surface area contributed by atoms with Gasteiger partial charge >= 0.3 is 0 Å². The molecule has 0 saturated heterocycles. The molecule has 4 heteroatoms. The molecule has 0 spiro atoms. The van der Waals surface area contributed by atoms with Crippen LogP contribution in [-0.2, 0) is 0 Å². The maximum Gasteiger partial charge on any atom is 0.138 e. The molecule has 0 saturated carbocycles. The molecule has 0 aliphatic heterocycles. The van der Waals surface area contributed by atoms with Crippen molar-refractivity contribution in [1.29, 1.82) is 0 Å². The zero-order valence-corrected chi connectivity index (χ0v) is 12.2. The number of furan rings is 1. The summed E-state index contributed by atoms with van der Waals surface area (Å²) >= 11 is 12.0. The molecule has 0 bridgehead atoms. The Labute approximate surface area is 126 Å². The summed E-state index contributed by atoms with van der Waals surface area (Å²) in [5.41, 5.74) is 2.28. The molecule has 3 rings (SSSR count). The van der Waals surface area contributed by atoms with Crippen molar-refractivity contribution < 1.29 is 9.52 Å². The lowest BCUT2D eigenvalue weighted by atomic mass is 10.0. The highest BCUT2D eigenvalue weighted by molar-refractivity contribution is 6.31. The van der Waals surface area contributed by atoms with Gasteiger partial charge in [0.15, 0.2) is 0 Å². The Morgan fingerprint density at radius 2 is 1.90 bits per heavy atom. The molecule has 1 atom stereocenters. The monoisotopic (exact) mass is 306 g/mol. The zero-order chi connectivity index (χ0) is 14.3. The SMILES string of the molecule is Cc1c(Cl)cccc1C(O)c1cc2cc(Cl)ccc2o1. The summed E-state index contributed by atoms with van der Waals surface area (Å²) in [6.45, 7) is 1.88. The van der Waals surface area contributed by atoms with E-state index in [1.165, 1.54) is 0 Å². The number of rotatable bonds is 2. The van der Waals surface area contributed by atoms with Crippen molar-refractivity contribution >= 4 is 34.2 Å². The van der Waals surface area contributed by atoms with Crippen LogP contribution in [0.3, 0.4) is 0 Å². The van der Waals surface area contributed by atoms with Gasteiger partial charge in [-0.05, 0) is 48.4 Å². The van der Waals surface area contributed by atoms with Crippen LogP contribution in [0, 0.1) is 6.92 Å². The largest absolute Gasteiger partial charge is 0.458 e. The Kier molecular flexibility index (Phi) is 3.47. The van der Waals surface area contributed by atoms with Crippen molar-refractivity contribution in [2.75, 3.05) is 0 Å². The first-order valence-electron chi connectivity index (χ1n) is 6.18. The minimum atomic E-state index is -0.847. The maximum absolute atomic E-state index is 10.5. The zero-order valence-electron chi connectivity index (χ0n) is 10.7. The van der Waals surface area contributed by atoms with Crippen LogP contribution >= 0.6 is 23.2 Å². The summed E-state index contributed by atoms with van der Waals surface area (Å²) in [5.74, 6) is 0.479. The van der Waals surface area contributed by atoms with E-state index in [4.69, 9.17) is 27.6 Å². The molecule has 1 aromatic heterocycles. The van der Waals surface area contributed by atoms with Crippen LogP contribution < -0.4 is 0 Å². The molecule has 20 heavy (non-hydrogen) atoms. The highest BCUT2D eigenvalue weighted by Gasteiger charge is 2.18. The normalized spacial score (nSPS) is 12.8. The summed E-state index contributed by atoms with van der Waals surface area (Å²) in [6.07, 6.45) is -0.847. The van der Waals surface area contributed by atoms with E-state index in [9.17, 15) is 5.11 Å². The third kappa shape index (κ3) is 2.31. The van der Waals surface area contributed by atoms with E-state index in [0.29, 0.717) is 21.4 Å². The Hall–Kier alpha value is -1.48. The number of hydrogen-bond donors (Lipinski definition) is 1. The van der Waals surface area contributed by atoms with Crippen LogP contribution in [0.4, 0.5) is 0 Å². The molecule has 0 fully saturated rings. The molecule has 3 aromatic rings. The van der Waals surface area contributed by atoms with Gasteiger partial charge < -0.3 is 9.52 Å². The molecule has 2 aromatic carbocycles. The van der Waals surface area contributed by atoms with E-state index in [2.05, 4.69) is 0 Å². The van der Waals surface area contributed by atoms with E-state index in [0.717, 1.165) is 16.5 Å². The van der Waals surface area contributed by atoms with Gasteiger partial charge in [0.2, 0.25) is 0 Å². The fraction of sp³-hybridized carbons (Fsp3) is 0.125. The Morgan fingerprint density at radius 1 is 1.10 bits per heavy atom. The number of benzene rings is 2. The van der Waals surface area contributed by atoms with E-state index >= 15 is 0 Å². The van der Waals surface area contributed by atoms with Crippen molar-refractivity contribution in [2.45, 2.75) is 13.0 Å². The van der Waals surface area contributed by atoms with Gasteiger partial charge in [-0.3, -0.25) is 0 Å². The van der Waals surface area contributed by atoms with E-state index in [-0.39, 0.29) is 0 Å². The number of aliphatic hydroxyl groups is 1. The third-order valence-electron chi connectivity index (χ3n) is 3.37. The van der Waals surface area contributed by atoms with E-state index < -0.39 is 6.10 Å². The van der Waals surface area contributed by atoms with Gasteiger partial charge in [0.25, 0.3) is 0 Å². The number of aliphatic hydroxyl groups excluding tert-OH is 1. The molecule has 2 nitrogen and oxygen atoms in total. The molecular formula is C16H12Cl2O2. The van der Waals surface area contributed by atoms with E-state index in [1.807, 2.05) is 19.1 Å². The number of hydrogen-bond acceptors (Lipinski definition) is 2. The smallest absolute Gasteiger partial charge is 0.138 e. The average molecular weight is 307 g/mol. The lowest BCUT2D eigenvalue weighted by molar-refractivity contribution is 0.191. The first kappa shape index (κ1) is 13.5. The van der Waals surface area contributed by atoms with Gasteiger partial charge in [0, 0.05) is 15.4 Å². The lowest BCUT2D eigenvalue weighted by Crippen LogP contribution is -2.00. The Bertz CT molecular complexity index is 777. The van der Waals surface area contributed by atoms with Crippen LogP contribution in [0.25, 0.3) is 11.0 Å². The molecule has 0 aliphatic carbocycles. The molecule has 1 unspecified atom stereocenters. The average Bonchev–Trinajstić information content (AvgIpc) is 2.84. The molecular weight excluding hydrogens is 295 g/mol. The minimum Gasteiger partial charge on any atom is -0.458 e. The van der Waals surface area contributed by atoms with Gasteiger partial charge in [-0.2, -0.15) is 0 Å². The number of fused-ring (bicyclic) bond motifs is 1. The quantitative estimate of drug-likeness (QED) is 0.712. The highest BCUT2D eigenvalue weighted by Crippen LogP contribution is 2.32. The third-order valence-corrected chi connectivity index (χ3v) is 4.02. The lowest BCUT2D eigenvalue weighted by Gasteiger charge is -2.12. The predicted octanol–water partition coefficient (Wildman–Crippen LogP) is 5.13. The second kappa shape index (κ2) is 5.13.